The van der Waals surface area contributed by atoms with E-state index in [1.54, 1.807) is 14.2 Å². The fraction of sp³-hybridized carbons (Fsp3) is 0.841. The Morgan fingerprint density at radius 3 is 2.04 bits per heavy atom. The van der Waals surface area contributed by atoms with Gasteiger partial charge in [0, 0.05) is 30.3 Å². The first-order chi connectivity index (χ1) is 26.0. The number of carbonyl (C=O) groups is 1. The highest BCUT2D eigenvalue weighted by atomic mass is 28.4. The SMILES string of the molecule is COCO[C@H]1C(=O)[C@@H](C)[C@@H]([C@@]2([C@H](OCc3ccc(OC)cc3)[C@@H](O)CO[Si](C)(C)C(C)(C)C)COC(C)(C)O2)C[C@H](O[Si](C)(C)C(C)(C)C)[C@]2(O)CC[C@H]1C2(C)C. The summed E-state index contributed by atoms with van der Waals surface area (Å²) in [5.74, 6) is -2.17. The summed E-state index contributed by atoms with van der Waals surface area (Å²) in [6, 6.07) is 7.60. The average Bonchev–Trinajstić information content (AvgIpc) is 3.56. The number of benzene rings is 1. The minimum absolute atomic E-state index is 0.00707. The normalized spacial score (nSPS) is 32.1. The van der Waals surface area contributed by atoms with Crippen molar-refractivity contribution in [3.63, 3.8) is 0 Å². The Labute approximate surface area is 346 Å². The Bertz CT molecular complexity index is 1500. The van der Waals surface area contributed by atoms with E-state index in [0.717, 1.165) is 11.3 Å². The van der Waals surface area contributed by atoms with Crippen LogP contribution in [0.25, 0.3) is 0 Å². The lowest BCUT2D eigenvalue weighted by molar-refractivity contribution is -0.242. The summed E-state index contributed by atoms with van der Waals surface area (Å²) in [6.07, 6.45) is -2.49. The average molecular weight is 839 g/mol. The fourth-order valence-corrected chi connectivity index (χ4v) is 11.2. The standard InChI is InChI=1S/C44H78O11Si2/c1-29-33(24-35(54-57(16,17)40(5,6)7)44(47)23-22-32(41(44,8)9)37(36(29)46)51-28-48-12)43(27-52-42(10,11)55-43)38(34(45)26-53-56(14,15)39(2,3)4)50-25-30-18-20-31(49-13)21-19-30/h18-21,29,32-35,37-38,45,47H,22-28H2,1-17H3/t29-,32+,33-,34-,35-,37+,38+,43+,44+/m0/s1. The van der Waals surface area contributed by atoms with Crippen LogP contribution in [0.15, 0.2) is 24.3 Å². The van der Waals surface area contributed by atoms with Gasteiger partial charge in [-0.3, -0.25) is 4.79 Å². The number of methoxy groups -OCH3 is 2. The second-order valence-corrected chi connectivity index (χ2v) is 30.7. The van der Waals surface area contributed by atoms with Crippen molar-refractivity contribution in [3.8, 4) is 5.75 Å². The van der Waals surface area contributed by atoms with E-state index < -0.39 is 75.3 Å². The molecule has 9 atom stereocenters. The maximum atomic E-state index is 15.2. The summed E-state index contributed by atoms with van der Waals surface area (Å²) in [7, 11) is -1.70. The number of hydrogen-bond acceptors (Lipinski definition) is 11. The Hall–Kier alpha value is -1.24. The number of ketones is 1. The minimum Gasteiger partial charge on any atom is -0.497 e. The van der Waals surface area contributed by atoms with Crippen molar-refractivity contribution >= 4 is 22.4 Å². The van der Waals surface area contributed by atoms with Crippen LogP contribution in [0.2, 0.25) is 36.3 Å². The maximum absolute atomic E-state index is 15.2. The molecule has 1 aromatic carbocycles. The van der Waals surface area contributed by atoms with Gasteiger partial charge in [0.15, 0.2) is 28.2 Å². The number of Topliss-reactive ketones (excluding diaryl/α,β-unsaturated/α-hetero) is 1. The summed E-state index contributed by atoms with van der Waals surface area (Å²) in [5, 5.41) is 25.5. The van der Waals surface area contributed by atoms with Crippen molar-refractivity contribution in [3.05, 3.63) is 29.8 Å². The van der Waals surface area contributed by atoms with E-state index in [1.165, 1.54) is 0 Å². The molecule has 2 bridgehead atoms. The van der Waals surface area contributed by atoms with E-state index in [-0.39, 0.29) is 54.8 Å². The third-order valence-electron chi connectivity index (χ3n) is 14.7. The molecule has 2 aliphatic carbocycles. The zero-order valence-corrected chi connectivity index (χ0v) is 40.4. The molecule has 1 aliphatic heterocycles. The topological polar surface area (TPSA) is 131 Å². The van der Waals surface area contributed by atoms with Crippen molar-refractivity contribution in [1.82, 2.24) is 0 Å². The molecule has 13 heteroatoms. The summed E-state index contributed by atoms with van der Waals surface area (Å²) >= 11 is 0. The number of aliphatic hydroxyl groups is 2. The fourth-order valence-electron chi connectivity index (χ4n) is 8.83. The lowest BCUT2D eigenvalue weighted by Gasteiger charge is -2.52. The summed E-state index contributed by atoms with van der Waals surface area (Å²) in [5.41, 5.74) is -2.63. The van der Waals surface area contributed by atoms with Gasteiger partial charge in [-0.15, -0.1) is 0 Å². The molecular formula is C44H78O11Si2. The third-order valence-corrected chi connectivity index (χ3v) is 23.7. The van der Waals surface area contributed by atoms with Crippen LogP contribution in [0.1, 0.15) is 101 Å². The summed E-state index contributed by atoms with van der Waals surface area (Å²) < 4.78 is 51.8. The molecule has 2 N–H and O–H groups in total. The van der Waals surface area contributed by atoms with Gasteiger partial charge < -0.3 is 47.5 Å². The minimum atomic E-state index is -2.54. The van der Waals surface area contributed by atoms with E-state index in [1.807, 2.05) is 58.9 Å². The Morgan fingerprint density at radius 1 is 0.930 bits per heavy atom. The van der Waals surface area contributed by atoms with Crippen molar-refractivity contribution in [1.29, 1.82) is 0 Å². The van der Waals surface area contributed by atoms with Gasteiger partial charge >= 0.3 is 0 Å². The molecule has 328 valence electrons. The molecule has 57 heavy (non-hydrogen) atoms. The molecule has 3 fully saturated rings. The van der Waals surface area contributed by atoms with Crippen LogP contribution >= 0.6 is 0 Å². The van der Waals surface area contributed by atoms with E-state index in [2.05, 4.69) is 67.7 Å². The predicted molar refractivity (Wildman–Crippen MR) is 227 cm³/mol. The van der Waals surface area contributed by atoms with E-state index in [4.69, 9.17) is 37.3 Å². The molecule has 1 heterocycles. The highest BCUT2D eigenvalue weighted by Crippen LogP contribution is 2.59. The number of hydrogen-bond donors (Lipinski definition) is 2. The number of ether oxygens (including phenoxy) is 6. The summed E-state index contributed by atoms with van der Waals surface area (Å²) in [4.78, 5) is 15.2. The van der Waals surface area contributed by atoms with E-state index >= 15 is 4.79 Å². The predicted octanol–water partition coefficient (Wildman–Crippen LogP) is 8.26. The molecule has 0 radical (unpaired) electrons. The zero-order valence-electron chi connectivity index (χ0n) is 38.4. The number of aliphatic hydroxyl groups excluding tert-OH is 1. The second kappa shape index (κ2) is 17.3. The molecule has 0 unspecified atom stereocenters. The van der Waals surface area contributed by atoms with Crippen molar-refractivity contribution in [2.75, 3.05) is 34.2 Å². The van der Waals surface area contributed by atoms with E-state index in [9.17, 15) is 10.2 Å². The van der Waals surface area contributed by atoms with Gasteiger partial charge in [-0.25, -0.2) is 0 Å². The third kappa shape index (κ3) is 9.79. The molecule has 1 aromatic rings. The number of rotatable bonds is 15. The van der Waals surface area contributed by atoms with Gasteiger partial charge in [-0.1, -0.05) is 74.4 Å². The number of fused-ring (bicyclic) bond motifs is 2. The zero-order chi connectivity index (χ0) is 43.2. The van der Waals surface area contributed by atoms with Gasteiger partial charge in [-0.2, -0.15) is 0 Å². The lowest BCUT2D eigenvalue weighted by Crippen LogP contribution is -2.63. The Morgan fingerprint density at radius 2 is 1.53 bits per heavy atom. The molecule has 3 aliphatic rings. The second-order valence-electron chi connectivity index (χ2n) is 21.1. The van der Waals surface area contributed by atoms with Crippen LogP contribution in [0, 0.1) is 23.2 Å². The van der Waals surface area contributed by atoms with Crippen LogP contribution in [-0.4, -0.2) is 108 Å². The first-order valence-electron chi connectivity index (χ1n) is 21.0. The summed E-state index contributed by atoms with van der Waals surface area (Å²) in [6.45, 7) is 31.6. The first-order valence-corrected chi connectivity index (χ1v) is 26.8. The smallest absolute Gasteiger partial charge is 0.192 e. The molecule has 4 rings (SSSR count). The van der Waals surface area contributed by atoms with Crippen LogP contribution in [0.4, 0.5) is 0 Å². The Kier molecular flexibility index (Phi) is 14.7. The van der Waals surface area contributed by atoms with Crippen molar-refractivity contribution < 1.29 is 52.3 Å². The van der Waals surface area contributed by atoms with Crippen LogP contribution in [-0.2, 0) is 43.9 Å². The largest absolute Gasteiger partial charge is 0.497 e. The Balaban J connectivity index is 1.96. The molecule has 0 aromatic heterocycles. The van der Waals surface area contributed by atoms with Crippen LogP contribution in [0.3, 0.4) is 0 Å². The van der Waals surface area contributed by atoms with Crippen LogP contribution < -0.4 is 4.74 Å². The highest BCUT2D eigenvalue weighted by molar-refractivity contribution is 6.74. The quantitative estimate of drug-likeness (QED) is 0.131. The van der Waals surface area contributed by atoms with Crippen molar-refractivity contribution in [2.45, 2.75) is 180 Å². The molecule has 11 nitrogen and oxygen atoms in total. The van der Waals surface area contributed by atoms with Gasteiger partial charge in [0.25, 0.3) is 0 Å². The van der Waals surface area contributed by atoms with Crippen molar-refractivity contribution in [2.24, 2.45) is 23.2 Å². The lowest BCUT2D eigenvalue weighted by atomic mass is 9.66. The molecule has 2 saturated carbocycles. The number of carbonyl (C=O) groups excluding carboxylic acids is 1. The van der Waals surface area contributed by atoms with Crippen LogP contribution in [0.5, 0.6) is 5.75 Å². The monoisotopic (exact) mass is 839 g/mol. The molecule has 0 amide bonds. The van der Waals surface area contributed by atoms with Gasteiger partial charge in [0.05, 0.1) is 38.6 Å². The first kappa shape index (κ1) is 48.4. The highest BCUT2D eigenvalue weighted by Gasteiger charge is 2.67. The molecular weight excluding hydrogens is 761 g/mol. The van der Waals surface area contributed by atoms with Gasteiger partial charge in [-0.05, 0) is 87.1 Å². The van der Waals surface area contributed by atoms with Gasteiger partial charge in [0.2, 0.25) is 0 Å². The molecule has 1 saturated heterocycles. The molecule has 0 spiro atoms. The van der Waals surface area contributed by atoms with Gasteiger partial charge in [0.1, 0.15) is 36.5 Å². The van der Waals surface area contributed by atoms with E-state index in [0.29, 0.717) is 12.8 Å². The maximum Gasteiger partial charge on any atom is 0.192 e.